The summed E-state index contributed by atoms with van der Waals surface area (Å²) in [5.74, 6) is -0.465. The fourth-order valence-corrected chi connectivity index (χ4v) is 3.83. The van der Waals surface area contributed by atoms with Gasteiger partial charge >= 0.3 is 5.97 Å². The molecule has 2 N–H and O–H groups in total. The number of nitrogens with one attached hydrogen (secondary N) is 2. The van der Waals surface area contributed by atoms with Crippen molar-refractivity contribution in [2.45, 2.75) is 26.8 Å². The zero-order chi connectivity index (χ0) is 22.4. The van der Waals surface area contributed by atoms with Crippen molar-refractivity contribution in [1.82, 2.24) is 5.32 Å². The minimum atomic E-state index is -0.465. The maximum atomic E-state index is 12.1. The van der Waals surface area contributed by atoms with E-state index in [1.807, 2.05) is 18.2 Å². The first-order valence-electron chi connectivity index (χ1n) is 10.0. The molecule has 0 aromatic heterocycles. The van der Waals surface area contributed by atoms with Crippen LogP contribution in [0.3, 0.4) is 0 Å². The molecule has 0 aliphatic rings. The highest BCUT2D eigenvalue weighted by atomic mass is 35.5. The summed E-state index contributed by atoms with van der Waals surface area (Å²) in [4.78, 5) is 12.1. The molecule has 0 bridgehead atoms. The van der Waals surface area contributed by atoms with Gasteiger partial charge in [0.25, 0.3) is 0 Å². The van der Waals surface area contributed by atoms with Crippen molar-refractivity contribution in [2.24, 2.45) is 0 Å². The first-order chi connectivity index (χ1) is 14.9. The van der Waals surface area contributed by atoms with Gasteiger partial charge in [-0.1, -0.05) is 65.7 Å². The molecule has 160 valence electrons. The summed E-state index contributed by atoms with van der Waals surface area (Å²) >= 11 is 11.8. The number of aryl methyl sites for hydroxylation is 2. The Morgan fingerprint density at radius 1 is 1.06 bits per heavy atom. The average molecular weight is 453 g/mol. The summed E-state index contributed by atoms with van der Waals surface area (Å²) in [6, 6.07) is 21.5. The van der Waals surface area contributed by atoms with Crippen molar-refractivity contribution in [3.8, 4) is 0 Å². The SMILES string of the molecule is CCOC(=O)c1cc(NC(=S)N[C@H](c2ccccc2)c2ccc(C)cc2C)ccc1Cl. The molecule has 3 rings (SSSR count). The van der Waals surface area contributed by atoms with E-state index in [1.54, 1.807) is 25.1 Å². The van der Waals surface area contributed by atoms with Gasteiger partial charge in [0.2, 0.25) is 0 Å². The number of rotatable bonds is 6. The number of benzene rings is 3. The Morgan fingerprint density at radius 3 is 2.48 bits per heavy atom. The van der Waals surface area contributed by atoms with Gasteiger partial charge in [-0.25, -0.2) is 4.79 Å². The number of carbonyl (C=O) groups excluding carboxylic acids is 1. The van der Waals surface area contributed by atoms with E-state index in [1.165, 1.54) is 11.1 Å². The van der Waals surface area contributed by atoms with Crippen LogP contribution in [-0.2, 0) is 4.74 Å². The van der Waals surface area contributed by atoms with Crippen molar-refractivity contribution in [1.29, 1.82) is 0 Å². The highest BCUT2D eigenvalue weighted by Crippen LogP contribution is 2.26. The molecule has 0 aliphatic carbocycles. The Morgan fingerprint density at radius 2 is 1.81 bits per heavy atom. The van der Waals surface area contributed by atoms with E-state index in [-0.39, 0.29) is 12.6 Å². The second-order valence-electron chi connectivity index (χ2n) is 7.22. The lowest BCUT2D eigenvalue weighted by atomic mass is 9.94. The van der Waals surface area contributed by atoms with Crippen LogP contribution in [-0.4, -0.2) is 17.7 Å². The standard InChI is InChI=1S/C25H25ClN2O2S/c1-4-30-24(29)21-15-19(11-13-22(21)26)27-25(31)28-23(18-8-6-5-7-9-18)20-12-10-16(2)14-17(20)3/h5-15,23H,4H2,1-3H3,(H2,27,28,31)/t23-/m1/s1. The van der Waals surface area contributed by atoms with Crippen molar-refractivity contribution >= 4 is 40.6 Å². The third-order valence-electron chi connectivity index (χ3n) is 4.86. The van der Waals surface area contributed by atoms with Gasteiger partial charge in [-0.15, -0.1) is 0 Å². The van der Waals surface area contributed by atoms with Crippen molar-refractivity contribution in [3.63, 3.8) is 0 Å². The highest BCUT2D eigenvalue weighted by molar-refractivity contribution is 7.80. The molecule has 4 nitrogen and oxygen atoms in total. The number of hydrogen-bond acceptors (Lipinski definition) is 3. The molecule has 0 unspecified atom stereocenters. The number of halogens is 1. The summed E-state index contributed by atoms with van der Waals surface area (Å²) in [6.07, 6.45) is 0. The van der Waals surface area contributed by atoms with Crippen molar-refractivity contribution < 1.29 is 9.53 Å². The van der Waals surface area contributed by atoms with E-state index < -0.39 is 5.97 Å². The molecule has 0 saturated heterocycles. The van der Waals surface area contributed by atoms with Crippen LogP contribution >= 0.6 is 23.8 Å². The Kier molecular flexibility index (Phi) is 7.66. The fourth-order valence-electron chi connectivity index (χ4n) is 3.40. The summed E-state index contributed by atoms with van der Waals surface area (Å²) in [6.45, 7) is 6.21. The van der Waals surface area contributed by atoms with E-state index in [0.29, 0.717) is 21.4 Å². The molecule has 0 saturated carbocycles. The van der Waals surface area contributed by atoms with E-state index >= 15 is 0 Å². The highest BCUT2D eigenvalue weighted by Gasteiger charge is 2.18. The van der Waals surface area contributed by atoms with Crippen LogP contribution in [0.15, 0.2) is 66.7 Å². The lowest BCUT2D eigenvalue weighted by Crippen LogP contribution is -2.33. The van der Waals surface area contributed by atoms with Crippen LogP contribution in [0.4, 0.5) is 5.69 Å². The molecule has 3 aromatic rings. The minimum Gasteiger partial charge on any atom is -0.462 e. The van der Waals surface area contributed by atoms with Crippen LogP contribution in [0.25, 0.3) is 0 Å². The van der Waals surface area contributed by atoms with E-state index in [9.17, 15) is 4.79 Å². The smallest absolute Gasteiger partial charge is 0.339 e. The molecule has 6 heteroatoms. The predicted octanol–water partition coefficient (Wildman–Crippen LogP) is 6.21. The fraction of sp³-hybridized carbons (Fsp3) is 0.200. The van der Waals surface area contributed by atoms with Gasteiger partial charge in [0.15, 0.2) is 5.11 Å². The van der Waals surface area contributed by atoms with Gasteiger partial charge < -0.3 is 15.4 Å². The summed E-state index contributed by atoms with van der Waals surface area (Å²) in [5, 5.41) is 7.35. The molecule has 0 radical (unpaired) electrons. The monoisotopic (exact) mass is 452 g/mol. The third kappa shape index (κ3) is 5.84. The average Bonchev–Trinajstić information content (AvgIpc) is 2.74. The van der Waals surface area contributed by atoms with Crippen molar-refractivity contribution in [2.75, 3.05) is 11.9 Å². The second kappa shape index (κ2) is 10.4. The normalized spacial score (nSPS) is 11.5. The van der Waals surface area contributed by atoms with Crippen LogP contribution in [0.5, 0.6) is 0 Å². The Hall–Kier alpha value is -2.89. The molecular weight excluding hydrogens is 428 g/mol. The summed E-state index contributed by atoms with van der Waals surface area (Å²) in [7, 11) is 0. The van der Waals surface area contributed by atoms with Crippen LogP contribution < -0.4 is 10.6 Å². The Bertz CT molecular complexity index is 1090. The molecule has 0 aliphatic heterocycles. The van der Waals surface area contributed by atoms with Gasteiger partial charge in [0, 0.05) is 5.69 Å². The van der Waals surface area contributed by atoms with Gasteiger partial charge in [-0.3, -0.25) is 0 Å². The van der Waals surface area contributed by atoms with Crippen molar-refractivity contribution in [3.05, 3.63) is 99.6 Å². The number of thiocarbonyl (C=S) groups is 1. The van der Waals surface area contributed by atoms with Crippen LogP contribution in [0.2, 0.25) is 5.02 Å². The quantitative estimate of drug-likeness (QED) is 0.344. The number of hydrogen-bond donors (Lipinski definition) is 2. The summed E-state index contributed by atoms with van der Waals surface area (Å²) in [5.41, 5.74) is 5.58. The Labute approximate surface area is 193 Å². The Balaban J connectivity index is 1.85. The predicted molar refractivity (Wildman–Crippen MR) is 131 cm³/mol. The molecule has 1 atom stereocenters. The molecule has 0 spiro atoms. The third-order valence-corrected chi connectivity index (χ3v) is 5.41. The van der Waals surface area contributed by atoms with Gasteiger partial charge in [0.1, 0.15) is 0 Å². The first-order valence-corrected chi connectivity index (χ1v) is 10.8. The number of carbonyl (C=O) groups is 1. The lowest BCUT2D eigenvalue weighted by molar-refractivity contribution is 0.0526. The second-order valence-corrected chi connectivity index (χ2v) is 8.03. The van der Waals surface area contributed by atoms with E-state index in [4.69, 9.17) is 28.6 Å². The number of ether oxygens (including phenoxy) is 1. The topological polar surface area (TPSA) is 50.4 Å². The minimum absolute atomic E-state index is 0.126. The van der Waals surface area contributed by atoms with Crippen LogP contribution in [0, 0.1) is 13.8 Å². The molecule has 0 heterocycles. The molecule has 3 aromatic carbocycles. The maximum Gasteiger partial charge on any atom is 0.339 e. The first kappa shape index (κ1) is 22.8. The van der Waals surface area contributed by atoms with Crippen LogP contribution in [0.1, 0.15) is 45.6 Å². The molecular formula is C25H25ClN2O2S. The lowest BCUT2D eigenvalue weighted by Gasteiger charge is -2.24. The number of esters is 1. The number of anilines is 1. The van der Waals surface area contributed by atoms with Gasteiger partial charge in [-0.05, 0) is 67.9 Å². The molecule has 0 fully saturated rings. The van der Waals surface area contributed by atoms with E-state index in [0.717, 1.165) is 11.1 Å². The van der Waals surface area contributed by atoms with E-state index in [2.05, 4.69) is 54.8 Å². The maximum absolute atomic E-state index is 12.1. The van der Waals surface area contributed by atoms with Gasteiger partial charge in [0.05, 0.1) is 23.2 Å². The summed E-state index contributed by atoms with van der Waals surface area (Å²) < 4.78 is 5.07. The van der Waals surface area contributed by atoms with Gasteiger partial charge in [-0.2, -0.15) is 0 Å². The zero-order valence-electron chi connectivity index (χ0n) is 17.7. The largest absolute Gasteiger partial charge is 0.462 e. The zero-order valence-corrected chi connectivity index (χ0v) is 19.3. The molecule has 31 heavy (non-hydrogen) atoms. The molecule has 0 amide bonds.